The number of carbonyl (C=O) groups excluding carboxylic acids is 1. The molecule has 0 aromatic heterocycles. The Kier molecular flexibility index (Phi) is 3.05. The van der Waals surface area contributed by atoms with Gasteiger partial charge in [0.05, 0.1) is 5.69 Å². The molecule has 0 aliphatic heterocycles. The first kappa shape index (κ1) is 10.2. The average Bonchev–Trinajstić information content (AvgIpc) is 2.74. The van der Waals surface area contributed by atoms with Crippen LogP contribution in [0, 0.1) is 12.8 Å². The molecule has 0 spiro atoms. The summed E-state index contributed by atoms with van der Waals surface area (Å²) in [7, 11) is 0. The first-order valence-corrected chi connectivity index (χ1v) is 5.58. The number of para-hydroxylation sites is 1. The smallest absolute Gasteiger partial charge is 0.249 e. The van der Waals surface area contributed by atoms with Crippen molar-refractivity contribution < 1.29 is 4.79 Å². The van der Waals surface area contributed by atoms with Crippen LogP contribution in [0.3, 0.4) is 0 Å². The fourth-order valence-electron chi connectivity index (χ4n) is 2.07. The molecule has 1 fully saturated rings. The van der Waals surface area contributed by atoms with E-state index >= 15 is 0 Å². The van der Waals surface area contributed by atoms with Crippen LogP contribution in [0.4, 0.5) is 5.69 Å². The molecule has 1 radical (unpaired) electrons. The molecule has 2 heteroatoms. The monoisotopic (exact) mass is 202 g/mol. The lowest BCUT2D eigenvalue weighted by Crippen LogP contribution is -2.19. The first-order valence-electron chi connectivity index (χ1n) is 5.58. The lowest BCUT2D eigenvalue weighted by Gasteiger charge is -2.09. The van der Waals surface area contributed by atoms with E-state index in [2.05, 4.69) is 5.32 Å². The third kappa shape index (κ3) is 2.38. The number of rotatable bonds is 2. The molecule has 1 saturated carbocycles. The molecule has 0 N–H and O–H groups in total. The second-order valence-electron chi connectivity index (χ2n) is 4.22. The van der Waals surface area contributed by atoms with E-state index in [4.69, 9.17) is 0 Å². The number of amides is 1. The lowest BCUT2D eigenvalue weighted by molar-refractivity contribution is -0.123. The van der Waals surface area contributed by atoms with Crippen LogP contribution in [0.1, 0.15) is 31.2 Å². The zero-order valence-corrected chi connectivity index (χ0v) is 9.07. The Bertz CT molecular complexity index is 353. The van der Waals surface area contributed by atoms with Crippen molar-refractivity contribution >= 4 is 11.6 Å². The van der Waals surface area contributed by atoms with Crippen LogP contribution < -0.4 is 5.32 Å². The molecule has 2 nitrogen and oxygen atoms in total. The fraction of sp³-hybridized carbons (Fsp3) is 0.462. The van der Waals surface area contributed by atoms with Gasteiger partial charge in [-0.3, -0.25) is 4.79 Å². The van der Waals surface area contributed by atoms with E-state index in [0.29, 0.717) is 0 Å². The molecule has 1 aliphatic rings. The number of aryl methyl sites for hydroxylation is 1. The van der Waals surface area contributed by atoms with Crippen LogP contribution in [0.25, 0.3) is 0 Å². The molecular formula is C13H16NO. The topological polar surface area (TPSA) is 31.2 Å². The Labute approximate surface area is 90.7 Å². The summed E-state index contributed by atoms with van der Waals surface area (Å²) >= 11 is 0. The minimum Gasteiger partial charge on any atom is -0.272 e. The minimum absolute atomic E-state index is 0.0711. The van der Waals surface area contributed by atoms with Gasteiger partial charge in [-0.15, -0.1) is 0 Å². The van der Waals surface area contributed by atoms with Gasteiger partial charge in [0.1, 0.15) is 0 Å². The highest BCUT2D eigenvalue weighted by Gasteiger charge is 2.23. The van der Waals surface area contributed by atoms with Gasteiger partial charge >= 0.3 is 0 Å². The summed E-state index contributed by atoms with van der Waals surface area (Å²) in [6, 6.07) is 7.78. The molecule has 0 heterocycles. The zero-order chi connectivity index (χ0) is 10.7. The maximum atomic E-state index is 11.8. The Morgan fingerprint density at radius 1 is 1.27 bits per heavy atom. The quantitative estimate of drug-likeness (QED) is 0.725. The summed E-state index contributed by atoms with van der Waals surface area (Å²) < 4.78 is 0. The normalized spacial score (nSPS) is 16.6. The van der Waals surface area contributed by atoms with Crippen LogP contribution in [0.5, 0.6) is 0 Å². The van der Waals surface area contributed by atoms with Gasteiger partial charge in [-0.05, 0) is 31.4 Å². The van der Waals surface area contributed by atoms with Crippen LogP contribution in [0.2, 0.25) is 0 Å². The highest BCUT2D eigenvalue weighted by atomic mass is 16.1. The minimum atomic E-state index is 0.0711. The molecule has 0 bridgehead atoms. The van der Waals surface area contributed by atoms with Gasteiger partial charge in [0.25, 0.3) is 0 Å². The van der Waals surface area contributed by atoms with Gasteiger partial charge in [0.2, 0.25) is 5.91 Å². The van der Waals surface area contributed by atoms with Crippen LogP contribution in [-0.4, -0.2) is 5.91 Å². The molecule has 0 atom stereocenters. The Morgan fingerprint density at radius 3 is 2.60 bits per heavy atom. The van der Waals surface area contributed by atoms with E-state index < -0.39 is 0 Å². The maximum absolute atomic E-state index is 11.8. The highest BCUT2D eigenvalue weighted by molar-refractivity contribution is 5.83. The van der Waals surface area contributed by atoms with Gasteiger partial charge in [-0.2, -0.15) is 0 Å². The third-order valence-electron chi connectivity index (χ3n) is 3.05. The Morgan fingerprint density at radius 2 is 1.93 bits per heavy atom. The highest BCUT2D eigenvalue weighted by Crippen LogP contribution is 2.26. The van der Waals surface area contributed by atoms with E-state index in [1.165, 1.54) is 12.8 Å². The lowest BCUT2D eigenvalue weighted by atomic mass is 10.1. The van der Waals surface area contributed by atoms with Crippen LogP contribution >= 0.6 is 0 Å². The largest absolute Gasteiger partial charge is 0.272 e. The van der Waals surface area contributed by atoms with E-state index in [9.17, 15) is 4.79 Å². The van der Waals surface area contributed by atoms with Crippen molar-refractivity contribution in [2.75, 3.05) is 0 Å². The van der Waals surface area contributed by atoms with Gasteiger partial charge in [-0.25, -0.2) is 5.32 Å². The van der Waals surface area contributed by atoms with Crippen molar-refractivity contribution in [3.8, 4) is 0 Å². The van der Waals surface area contributed by atoms with E-state index in [-0.39, 0.29) is 11.8 Å². The molecule has 0 unspecified atom stereocenters. The molecule has 79 valence electrons. The Hall–Kier alpha value is -1.31. The molecule has 1 amide bonds. The summed E-state index contributed by atoms with van der Waals surface area (Å²) in [5.74, 6) is 0.256. The molecule has 2 rings (SSSR count). The summed E-state index contributed by atoms with van der Waals surface area (Å²) in [6.45, 7) is 1.99. The molecule has 1 aliphatic carbocycles. The van der Waals surface area contributed by atoms with Crippen molar-refractivity contribution in [2.45, 2.75) is 32.6 Å². The number of hydrogen-bond donors (Lipinski definition) is 0. The van der Waals surface area contributed by atoms with Gasteiger partial charge < -0.3 is 0 Å². The van der Waals surface area contributed by atoms with E-state index in [1.807, 2.05) is 31.2 Å². The molecule has 0 saturated heterocycles. The van der Waals surface area contributed by atoms with Crippen molar-refractivity contribution in [1.82, 2.24) is 5.32 Å². The van der Waals surface area contributed by atoms with Crippen molar-refractivity contribution in [1.29, 1.82) is 0 Å². The summed E-state index contributed by atoms with van der Waals surface area (Å²) in [5, 5.41) is 4.20. The van der Waals surface area contributed by atoms with Gasteiger partial charge in [0.15, 0.2) is 0 Å². The average molecular weight is 202 g/mol. The van der Waals surface area contributed by atoms with Gasteiger partial charge in [-0.1, -0.05) is 31.0 Å². The van der Waals surface area contributed by atoms with Crippen molar-refractivity contribution in [3.05, 3.63) is 29.8 Å². The number of benzene rings is 1. The molecule has 15 heavy (non-hydrogen) atoms. The van der Waals surface area contributed by atoms with Gasteiger partial charge in [0, 0.05) is 5.92 Å². The molecule has 1 aromatic rings. The first-order chi connectivity index (χ1) is 7.27. The number of hydrogen-bond acceptors (Lipinski definition) is 1. The number of carbonyl (C=O) groups is 1. The van der Waals surface area contributed by atoms with Crippen molar-refractivity contribution in [3.63, 3.8) is 0 Å². The van der Waals surface area contributed by atoms with Crippen LogP contribution in [0.15, 0.2) is 24.3 Å². The SMILES string of the molecule is Cc1ccccc1[N]C(=O)C1CCCC1. The maximum Gasteiger partial charge on any atom is 0.249 e. The number of nitrogens with zero attached hydrogens (tertiary/aromatic N) is 1. The predicted molar refractivity (Wildman–Crippen MR) is 59.9 cm³/mol. The molecular weight excluding hydrogens is 186 g/mol. The molecule has 1 aromatic carbocycles. The van der Waals surface area contributed by atoms with Crippen LogP contribution in [-0.2, 0) is 4.79 Å². The van der Waals surface area contributed by atoms with E-state index in [0.717, 1.165) is 24.1 Å². The second-order valence-corrected chi connectivity index (χ2v) is 4.22. The summed E-state index contributed by atoms with van der Waals surface area (Å²) in [5.41, 5.74) is 1.90. The second kappa shape index (κ2) is 4.47. The van der Waals surface area contributed by atoms with Crippen molar-refractivity contribution in [2.24, 2.45) is 5.92 Å². The third-order valence-corrected chi connectivity index (χ3v) is 3.05. The summed E-state index contributed by atoms with van der Waals surface area (Å²) in [4.78, 5) is 11.8. The Balaban J connectivity index is 2.02. The van der Waals surface area contributed by atoms with E-state index in [1.54, 1.807) is 0 Å². The summed E-state index contributed by atoms with van der Waals surface area (Å²) in [6.07, 6.45) is 4.40. The standard InChI is InChI=1S/C13H16NO/c1-10-6-2-5-9-12(10)14-13(15)11-7-3-4-8-11/h2,5-6,9,11H,3-4,7-8H2,1H3. The zero-order valence-electron chi connectivity index (χ0n) is 9.07. The predicted octanol–water partition coefficient (Wildman–Crippen LogP) is 2.95. The fourth-order valence-corrected chi connectivity index (χ4v) is 2.07.